The Hall–Kier alpha value is -2.23. The first kappa shape index (κ1) is 15.7. The summed E-state index contributed by atoms with van der Waals surface area (Å²) in [4.78, 5) is 21.1. The van der Waals surface area contributed by atoms with Crippen LogP contribution in [-0.2, 0) is 11.2 Å². The lowest BCUT2D eigenvalue weighted by molar-refractivity contribution is -0.123. The van der Waals surface area contributed by atoms with E-state index in [4.69, 9.17) is 0 Å². The van der Waals surface area contributed by atoms with Crippen LogP contribution in [0.5, 0.6) is 0 Å². The Balaban J connectivity index is 1.63. The number of carbonyl (C=O) groups is 1. The molecular formula is C19H23N3O. The number of hydrogen-bond donors (Lipinski definition) is 1. The summed E-state index contributed by atoms with van der Waals surface area (Å²) in [7, 11) is 0. The highest BCUT2D eigenvalue weighted by Crippen LogP contribution is 2.37. The molecular weight excluding hydrogens is 286 g/mol. The number of nitrogens with zero attached hydrogens (tertiary/aromatic N) is 2. The topological polar surface area (TPSA) is 54.9 Å². The molecule has 1 N–H and O–H groups in total. The normalized spacial score (nSPS) is 16.2. The van der Waals surface area contributed by atoms with E-state index in [1.54, 1.807) is 18.6 Å². The molecule has 2 heterocycles. The van der Waals surface area contributed by atoms with Gasteiger partial charge >= 0.3 is 0 Å². The minimum absolute atomic E-state index is 0.0516. The third kappa shape index (κ3) is 4.15. The molecule has 0 aromatic carbocycles. The molecule has 1 aliphatic rings. The van der Waals surface area contributed by atoms with Crippen molar-refractivity contribution in [2.24, 2.45) is 5.92 Å². The Kier molecular flexibility index (Phi) is 5.35. The molecule has 1 amide bonds. The SMILES string of the molecule is O=C(NCCc1ccccn1)C(c1ccncc1)C1CCCC1. The summed E-state index contributed by atoms with van der Waals surface area (Å²) in [5, 5.41) is 3.11. The molecule has 4 nitrogen and oxygen atoms in total. The van der Waals surface area contributed by atoms with Crippen molar-refractivity contribution in [2.45, 2.75) is 38.0 Å². The van der Waals surface area contributed by atoms with Crippen LogP contribution < -0.4 is 5.32 Å². The standard InChI is InChI=1S/C19H23N3O/c23-19(22-14-10-17-7-3-4-11-21-17)18(15-5-1-2-6-15)16-8-12-20-13-9-16/h3-4,7-9,11-13,15,18H,1-2,5-6,10,14H2,(H,22,23). The van der Waals surface area contributed by atoms with Crippen LogP contribution in [0.2, 0.25) is 0 Å². The minimum atomic E-state index is -0.0516. The number of rotatable bonds is 6. The molecule has 2 aromatic rings. The van der Waals surface area contributed by atoms with Crippen LogP contribution in [0.25, 0.3) is 0 Å². The van der Waals surface area contributed by atoms with Gasteiger partial charge in [-0.15, -0.1) is 0 Å². The van der Waals surface area contributed by atoms with Gasteiger partial charge in [-0.3, -0.25) is 14.8 Å². The van der Waals surface area contributed by atoms with Crippen molar-refractivity contribution in [3.05, 3.63) is 60.2 Å². The van der Waals surface area contributed by atoms with Crippen molar-refractivity contribution in [1.82, 2.24) is 15.3 Å². The van der Waals surface area contributed by atoms with Crippen molar-refractivity contribution in [1.29, 1.82) is 0 Å². The van der Waals surface area contributed by atoms with Crippen LogP contribution in [0.1, 0.15) is 42.9 Å². The predicted molar refractivity (Wildman–Crippen MR) is 89.9 cm³/mol. The van der Waals surface area contributed by atoms with E-state index in [-0.39, 0.29) is 11.8 Å². The van der Waals surface area contributed by atoms with Gasteiger partial charge in [0.1, 0.15) is 0 Å². The Labute approximate surface area is 137 Å². The van der Waals surface area contributed by atoms with E-state index in [1.165, 1.54) is 12.8 Å². The number of nitrogens with one attached hydrogen (secondary N) is 1. The van der Waals surface area contributed by atoms with Gasteiger partial charge in [0.15, 0.2) is 0 Å². The minimum Gasteiger partial charge on any atom is -0.355 e. The highest BCUT2D eigenvalue weighted by Gasteiger charge is 2.31. The van der Waals surface area contributed by atoms with E-state index in [0.717, 1.165) is 30.5 Å². The van der Waals surface area contributed by atoms with Crippen molar-refractivity contribution in [3.63, 3.8) is 0 Å². The van der Waals surface area contributed by atoms with Crippen LogP contribution in [-0.4, -0.2) is 22.4 Å². The summed E-state index contributed by atoms with van der Waals surface area (Å²) in [5.74, 6) is 0.538. The molecule has 1 aliphatic carbocycles. The lowest BCUT2D eigenvalue weighted by atomic mass is 9.84. The number of aromatic nitrogens is 2. The van der Waals surface area contributed by atoms with Gasteiger partial charge in [-0.2, -0.15) is 0 Å². The summed E-state index contributed by atoms with van der Waals surface area (Å²) in [6.07, 6.45) is 10.8. The molecule has 4 heteroatoms. The second-order valence-electron chi connectivity index (χ2n) is 6.16. The summed E-state index contributed by atoms with van der Waals surface area (Å²) < 4.78 is 0. The van der Waals surface area contributed by atoms with Gasteiger partial charge in [0, 0.05) is 37.3 Å². The highest BCUT2D eigenvalue weighted by molar-refractivity contribution is 5.84. The Bertz CT molecular complexity index is 609. The van der Waals surface area contributed by atoms with Crippen LogP contribution >= 0.6 is 0 Å². The zero-order valence-corrected chi connectivity index (χ0v) is 13.3. The predicted octanol–water partition coefficient (Wildman–Crippen LogP) is 3.11. The van der Waals surface area contributed by atoms with E-state index in [2.05, 4.69) is 15.3 Å². The maximum Gasteiger partial charge on any atom is 0.227 e. The molecule has 23 heavy (non-hydrogen) atoms. The number of amides is 1. The summed E-state index contributed by atoms with van der Waals surface area (Å²) >= 11 is 0. The Morgan fingerprint density at radius 1 is 1.13 bits per heavy atom. The van der Waals surface area contributed by atoms with Gasteiger partial charge in [-0.25, -0.2) is 0 Å². The molecule has 1 fully saturated rings. The van der Waals surface area contributed by atoms with Gasteiger partial charge < -0.3 is 5.32 Å². The molecule has 0 saturated heterocycles. The van der Waals surface area contributed by atoms with Crippen LogP contribution in [0, 0.1) is 5.92 Å². The monoisotopic (exact) mass is 309 g/mol. The summed E-state index contributed by atoms with van der Waals surface area (Å²) in [6, 6.07) is 9.82. The number of carbonyl (C=O) groups excluding carboxylic acids is 1. The maximum absolute atomic E-state index is 12.8. The van der Waals surface area contributed by atoms with Gasteiger partial charge in [0.2, 0.25) is 5.91 Å². The average molecular weight is 309 g/mol. The zero-order chi connectivity index (χ0) is 15.9. The summed E-state index contributed by atoms with van der Waals surface area (Å²) in [6.45, 7) is 0.629. The van der Waals surface area contributed by atoms with Crippen LogP contribution in [0.15, 0.2) is 48.9 Å². The van der Waals surface area contributed by atoms with E-state index in [0.29, 0.717) is 12.5 Å². The maximum atomic E-state index is 12.8. The molecule has 3 rings (SSSR count). The van der Waals surface area contributed by atoms with Gasteiger partial charge in [-0.05, 0) is 48.6 Å². The quantitative estimate of drug-likeness (QED) is 0.892. The van der Waals surface area contributed by atoms with E-state index < -0.39 is 0 Å². The molecule has 0 spiro atoms. The van der Waals surface area contributed by atoms with E-state index >= 15 is 0 Å². The fourth-order valence-electron chi connectivity index (χ4n) is 3.47. The average Bonchev–Trinajstić information content (AvgIpc) is 3.11. The first-order valence-electron chi connectivity index (χ1n) is 8.42. The fourth-order valence-corrected chi connectivity index (χ4v) is 3.47. The molecule has 120 valence electrons. The fraction of sp³-hybridized carbons (Fsp3) is 0.421. The van der Waals surface area contributed by atoms with Crippen molar-refractivity contribution in [2.75, 3.05) is 6.54 Å². The second kappa shape index (κ2) is 7.86. The van der Waals surface area contributed by atoms with Crippen LogP contribution in [0.4, 0.5) is 0 Å². The van der Waals surface area contributed by atoms with Crippen LogP contribution in [0.3, 0.4) is 0 Å². The zero-order valence-electron chi connectivity index (χ0n) is 13.3. The van der Waals surface area contributed by atoms with Crippen molar-refractivity contribution >= 4 is 5.91 Å². The Morgan fingerprint density at radius 3 is 2.61 bits per heavy atom. The molecule has 1 atom stereocenters. The van der Waals surface area contributed by atoms with E-state index in [1.807, 2.05) is 30.3 Å². The largest absolute Gasteiger partial charge is 0.355 e. The van der Waals surface area contributed by atoms with Crippen molar-refractivity contribution in [3.8, 4) is 0 Å². The molecule has 0 bridgehead atoms. The lowest BCUT2D eigenvalue weighted by Crippen LogP contribution is -2.34. The van der Waals surface area contributed by atoms with Crippen molar-refractivity contribution < 1.29 is 4.79 Å². The Morgan fingerprint density at radius 2 is 1.91 bits per heavy atom. The molecule has 2 aromatic heterocycles. The van der Waals surface area contributed by atoms with Gasteiger partial charge in [-0.1, -0.05) is 18.9 Å². The molecule has 0 radical (unpaired) electrons. The number of pyridine rings is 2. The smallest absolute Gasteiger partial charge is 0.227 e. The molecule has 1 saturated carbocycles. The highest BCUT2D eigenvalue weighted by atomic mass is 16.1. The number of hydrogen-bond acceptors (Lipinski definition) is 3. The second-order valence-corrected chi connectivity index (χ2v) is 6.16. The van der Waals surface area contributed by atoms with Gasteiger partial charge in [0.05, 0.1) is 5.92 Å². The summed E-state index contributed by atoms with van der Waals surface area (Å²) in [5.41, 5.74) is 2.09. The van der Waals surface area contributed by atoms with Gasteiger partial charge in [0.25, 0.3) is 0 Å². The molecule has 0 aliphatic heterocycles. The molecule has 1 unspecified atom stereocenters. The first-order chi connectivity index (χ1) is 11.3. The third-order valence-electron chi connectivity index (χ3n) is 4.63. The lowest BCUT2D eigenvalue weighted by Gasteiger charge is -2.23. The van der Waals surface area contributed by atoms with E-state index in [9.17, 15) is 4.79 Å². The third-order valence-corrected chi connectivity index (χ3v) is 4.63. The first-order valence-corrected chi connectivity index (χ1v) is 8.42.